The number of nitrogens with zero attached hydrogens (tertiary/aromatic N) is 2. The highest BCUT2D eigenvalue weighted by molar-refractivity contribution is 7.07. The van der Waals surface area contributed by atoms with Crippen molar-refractivity contribution in [3.8, 4) is 0 Å². The molecular weight excluding hydrogens is 238 g/mol. The number of carbonyl (C=O) groups is 1. The van der Waals surface area contributed by atoms with E-state index in [0.29, 0.717) is 17.3 Å². The molecule has 1 aliphatic rings. The molecule has 0 spiro atoms. The van der Waals surface area contributed by atoms with Gasteiger partial charge in [-0.25, -0.2) is 0 Å². The monoisotopic (exact) mass is 255 g/mol. The number of rotatable bonds is 3. The van der Waals surface area contributed by atoms with Crippen molar-refractivity contribution in [3.05, 3.63) is 11.1 Å². The van der Waals surface area contributed by atoms with E-state index in [1.807, 2.05) is 0 Å². The first kappa shape index (κ1) is 12.4. The summed E-state index contributed by atoms with van der Waals surface area (Å²) in [5.74, 6) is 0.322. The van der Waals surface area contributed by atoms with Crippen LogP contribution < -0.4 is 5.32 Å². The van der Waals surface area contributed by atoms with Gasteiger partial charge in [-0.15, -0.1) is 5.10 Å². The summed E-state index contributed by atoms with van der Waals surface area (Å²) in [6.45, 7) is 2.45. The van der Waals surface area contributed by atoms with E-state index < -0.39 is 5.60 Å². The van der Waals surface area contributed by atoms with E-state index in [-0.39, 0.29) is 5.91 Å². The summed E-state index contributed by atoms with van der Waals surface area (Å²) < 4.78 is 3.64. The van der Waals surface area contributed by atoms with Crippen LogP contribution in [0.1, 0.15) is 42.3 Å². The van der Waals surface area contributed by atoms with Gasteiger partial charge in [0.2, 0.25) is 0 Å². The van der Waals surface area contributed by atoms with Crippen LogP contribution >= 0.6 is 11.5 Å². The topological polar surface area (TPSA) is 75.1 Å². The minimum absolute atomic E-state index is 0.202. The smallest absolute Gasteiger partial charge is 0.264 e. The summed E-state index contributed by atoms with van der Waals surface area (Å²) in [4.78, 5) is 12.2. The molecule has 2 rings (SSSR count). The molecule has 2 atom stereocenters. The van der Waals surface area contributed by atoms with E-state index in [1.54, 1.807) is 0 Å². The summed E-state index contributed by atoms with van der Waals surface area (Å²) in [5, 5.41) is 16.7. The maximum absolute atomic E-state index is 11.7. The van der Waals surface area contributed by atoms with Gasteiger partial charge in [0, 0.05) is 6.54 Å². The Morgan fingerprint density at radius 1 is 1.76 bits per heavy atom. The number of hydrogen-bond donors (Lipinski definition) is 2. The van der Waals surface area contributed by atoms with Crippen molar-refractivity contribution in [1.29, 1.82) is 0 Å². The fraction of sp³-hybridized carbons (Fsp3) is 0.727. The molecule has 94 valence electrons. The first-order chi connectivity index (χ1) is 8.09. The number of hydrogen-bond acceptors (Lipinski definition) is 5. The Bertz CT molecular complexity index is 382. The van der Waals surface area contributed by atoms with E-state index in [0.717, 1.165) is 37.2 Å². The van der Waals surface area contributed by atoms with Crippen LogP contribution in [0, 0.1) is 5.92 Å². The highest BCUT2D eigenvalue weighted by atomic mass is 32.1. The predicted octanol–water partition coefficient (Wildman–Crippen LogP) is 1.21. The Labute approximate surface area is 104 Å². The molecule has 0 aromatic carbocycles. The van der Waals surface area contributed by atoms with Crippen LogP contribution in [0.4, 0.5) is 0 Å². The van der Waals surface area contributed by atoms with Gasteiger partial charge in [-0.3, -0.25) is 4.79 Å². The lowest BCUT2D eigenvalue weighted by Gasteiger charge is -2.35. The first-order valence-corrected chi connectivity index (χ1v) is 6.64. The summed E-state index contributed by atoms with van der Waals surface area (Å²) in [7, 11) is 0. The van der Waals surface area contributed by atoms with Gasteiger partial charge in [-0.05, 0) is 30.3 Å². The Hall–Kier alpha value is -1.01. The Morgan fingerprint density at radius 3 is 3.24 bits per heavy atom. The van der Waals surface area contributed by atoms with Crippen LogP contribution in [-0.2, 0) is 0 Å². The summed E-state index contributed by atoms with van der Waals surface area (Å²) in [6, 6.07) is 0. The zero-order chi connectivity index (χ0) is 12.3. The Kier molecular flexibility index (Phi) is 3.73. The van der Waals surface area contributed by atoms with Crippen molar-refractivity contribution >= 4 is 17.4 Å². The number of aromatic nitrogens is 2. The molecule has 1 amide bonds. The van der Waals surface area contributed by atoms with Crippen molar-refractivity contribution < 1.29 is 9.90 Å². The molecule has 1 aliphatic carbocycles. The van der Waals surface area contributed by atoms with Gasteiger partial charge in [0.15, 0.2) is 0 Å². The fourth-order valence-electron chi connectivity index (χ4n) is 2.39. The van der Waals surface area contributed by atoms with Gasteiger partial charge < -0.3 is 10.4 Å². The Morgan fingerprint density at radius 2 is 2.59 bits per heavy atom. The van der Waals surface area contributed by atoms with Gasteiger partial charge in [-0.2, -0.15) is 0 Å². The van der Waals surface area contributed by atoms with Crippen LogP contribution in [0.5, 0.6) is 0 Å². The maximum Gasteiger partial charge on any atom is 0.264 e. The van der Waals surface area contributed by atoms with Crippen molar-refractivity contribution in [2.24, 2.45) is 5.92 Å². The van der Waals surface area contributed by atoms with Crippen molar-refractivity contribution in [3.63, 3.8) is 0 Å². The standard InChI is InChI=1S/C11H17N3O2S/c1-8-3-2-4-11(16,5-8)7-12-10(15)9-6-13-14-17-9/h6,8,16H,2-5,7H2,1H3,(H,12,15). The third-order valence-electron chi connectivity index (χ3n) is 3.23. The lowest BCUT2D eigenvalue weighted by Crippen LogP contribution is -2.45. The van der Waals surface area contributed by atoms with E-state index in [9.17, 15) is 9.90 Å². The highest BCUT2D eigenvalue weighted by Gasteiger charge is 2.32. The molecule has 1 aromatic heterocycles. The van der Waals surface area contributed by atoms with E-state index in [2.05, 4.69) is 21.8 Å². The average Bonchev–Trinajstić information content (AvgIpc) is 2.79. The molecule has 0 aliphatic heterocycles. The summed E-state index contributed by atoms with van der Waals surface area (Å²) in [6.07, 6.45) is 5.14. The third-order valence-corrected chi connectivity index (χ3v) is 3.89. The Balaban J connectivity index is 1.87. The van der Waals surface area contributed by atoms with E-state index in [4.69, 9.17) is 0 Å². The van der Waals surface area contributed by atoms with Crippen LogP contribution in [0.3, 0.4) is 0 Å². The van der Waals surface area contributed by atoms with E-state index >= 15 is 0 Å². The number of aliphatic hydroxyl groups is 1. The largest absolute Gasteiger partial charge is 0.388 e. The number of nitrogens with one attached hydrogen (secondary N) is 1. The first-order valence-electron chi connectivity index (χ1n) is 5.87. The lowest BCUT2D eigenvalue weighted by molar-refractivity contribution is -0.0109. The molecule has 5 nitrogen and oxygen atoms in total. The van der Waals surface area contributed by atoms with Crippen molar-refractivity contribution in [2.45, 2.75) is 38.2 Å². The third kappa shape index (κ3) is 3.23. The SMILES string of the molecule is CC1CCCC(O)(CNC(=O)c2cnns2)C1. The molecule has 0 radical (unpaired) electrons. The second-order valence-corrected chi connectivity index (χ2v) is 5.68. The molecule has 2 N–H and O–H groups in total. The quantitative estimate of drug-likeness (QED) is 0.851. The van der Waals surface area contributed by atoms with Gasteiger partial charge in [-0.1, -0.05) is 24.3 Å². The summed E-state index contributed by atoms with van der Waals surface area (Å²) >= 11 is 1.06. The summed E-state index contributed by atoms with van der Waals surface area (Å²) in [5.41, 5.74) is -0.745. The van der Waals surface area contributed by atoms with Crippen molar-refractivity contribution in [2.75, 3.05) is 6.54 Å². The van der Waals surface area contributed by atoms with E-state index in [1.165, 1.54) is 6.20 Å². The van der Waals surface area contributed by atoms with Gasteiger partial charge in [0.25, 0.3) is 5.91 Å². The zero-order valence-corrected chi connectivity index (χ0v) is 10.7. The van der Waals surface area contributed by atoms with Crippen molar-refractivity contribution in [1.82, 2.24) is 14.9 Å². The van der Waals surface area contributed by atoms with Gasteiger partial charge in [0.05, 0.1) is 11.8 Å². The predicted molar refractivity (Wildman–Crippen MR) is 64.8 cm³/mol. The van der Waals surface area contributed by atoms with Crippen LogP contribution in [0.25, 0.3) is 0 Å². The van der Waals surface area contributed by atoms with Gasteiger partial charge in [0.1, 0.15) is 4.88 Å². The van der Waals surface area contributed by atoms with Crippen LogP contribution in [0.2, 0.25) is 0 Å². The lowest BCUT2D eigenvalue weighted by atomic mass is 9.79. The minimum atomic E-state index is -0.745. The van der Waals surface area contributed by atoms with Gasteiger partial charge >= 0.3 is 0 Å². The van der Waals surface area contributed by atoms with Crippen LogP contribution in [0.15, 0.2) is 6.20 Å². The molecule has 2 unspecified atom stereocenters. The molecule has 1 saturated carbocycles. The normalized spacial score (nSPS) is 28.9. The molecule has 1 aromatic rings. The zero-order valence-electron chi connectivity index (χ0n) is 9.85. The molecule has 17 heavy (non-hydrogen) atoms. The highest BCUT2D eigenvalue weighted by Crippen LogP contribution is 2.31. The van der Waals surface area contributed by atoms with Crippen LogP contribution in [-0.4, -0.2) is 32.7 Å². The minimum Gasteiger partial charge on any atom is -0.388 e. The average molecular weight is 255 g/mol. The number of carbonyl (C=O) groups excluding carboxylic acids is 1. The molecule has 6 heteroatoms. The maximum atomic E-state index is 11.7. The second kappa shape index (κ2) is 5.10. The molecule has 1 heterocycles. The molecular formula is C11H17N3O2S. The fourth-order valence-corrected chi connectivity index (χ4v) is 2.82. The molecule has 0 bridgehead atoms. The second-order valence-electron chi connectivity index (χ2n) is 4.89. The molecule has 1 fully saturated rings. The number of amides is 1. The molecule has 0 saturated heterocycles.